The molecule has 1 heterocycles. The van der Waals surface area contributed by atoms with Crippen LogP contribution < -0.4 is 10.6 Å². The number of aryl methyl sites for hydroxylation is 1. The van der Waals surface area contributed by atoms with E-state index in [1.165, 1.54) is 0 Å². The van der Waals surface area contributed by atoms with Crippen LogP contribution in [0.2, 0.25) is 0 Å². The molecule has 0 aliphatic heterocycles. The van der Waals surface area contributed by atoms with E-state index in [9.17, 15) is 4.79 Å². The number of pyridine rings is 1. The molecule has 0 saturated heterocycles. The summed E-state index contributed by atoms with van der Waals surface area (Å²) in [4.78, 5) is 15.5. The van der Waals surface area contributed by atoms with Gasteiger partial charge in [0.25, 0.3) is 0 Å². The maximum Gasteiger partial charge on any atom is 0.242 e. The molecule has 0 aliphatic carbocycles. The van der Waals surface area contributed by atoms with Gasteiger partial charge in [0.2, 0.25) is 5.91 Å². The Hall–Kier alpha value is -1.58. The molecular weight excluding hydrogens is 190 g/mol. The molecule has 0 bridgehead atoms. The molecule has 4 nitrogen and oxygen atoms in total. The summed E-state index contributed by atoms with van der Waals surface area (Å²) in [6.45, 7) is 6.31. The van der Waals surface area contributed by atoms with E-state index in [0.29, 0.717) is 6.54 Å². The smallest absolute Gasteiger partial charge is 0.242 e. The number of nitrogens with zero attached hydrogens (tertiary/aromatic N) is 1. The first-order valence-corrected chi connectivity index (χ1v) is 5.10. The second-order valence-electron chi connectivity index (χ2n) is 3.45. The van der Waals surface area contributed by atoms with Crippen LogP contribution in [0.15, 0.2) is 18.3 Å². The van der Waals surface area contributed by atoms with Crippen molar-refractivity contribution >= 4 is 11.6 Å². The topological polar surface area (TPSA) is 54.0 Å². The van der Waals surface area contributed by atoms with Gasteiger partial charge in [-0.1, -0.05) is 0 Å². The predicted octanol–water partition coefficient (Wildman–Crippen LogP) is 1.33. The molecule has 1 amide bonds. The van der Waals surface area contributed by atoms with Crippen LogP contribution in [0.1, 0.15) is 19.5 Å². The standard InChI is InChI=1S/C11H17N3O/c1-4-12-11(15)9(3)14-10-5-6-13-8(2)7-10/h5-7,9H,4H2,1-3H3,(H,12,15)(H,13,14). The van der Waals surface area contributed by atoms with Crippen LogP contribution in [0.3, 0.4) is 0 Å². The Morgan fingerprint density at radius 2 is 2.33 bits per heavy atom. The number of nitrogens with one attached hydrogen (secondary N) is 2. The first-order chi connectivity index (χ1) is 7.13. The molecule has 1 atom stereocenters. The van der Waals surface area contributed by atoms with E-state index in [2.05, 4.69) is 15.6 Å². The van der Waals surface area contributed by atoms with Crippen LogP contribution in [-0.4, -0.2) is 23.5 Å². The lowest BCUT2D eigenvalue weighted by Crippen LogP contribution is -2.37. The van der Waals surface area contributed by atoms with Gasteiger partial charge in [-0.2, -0.15) is 0 Å². The van der Waals surface area contributed by atoms with Crippen molar-refractivity contribution in [2.75, 3.05) is 11.9 Å². The summed E-state index contributed by atoms with van der Waals surface area (Å²) in [6, 6.07) is 3.53. The normalized spacial score (nSPS) is 11.9. The lowest BCUT2D eigenvalue weighted by Gasteiger charge is -2.14. The van der Waals surface area contributed by atoms with Crippen molar-refractivity contribution in [3.8, 4) is 0 Å². The number of aromatic nitrogens is 1. The molecule has 4 heteroatoms. The van der Waals surface area contributed by atoms with Crippen molar-refractivity contribution in [3.63, 3.8) is 0 Å². The molecule has 1 aromatic heterocycles. The minimum absolute atomic E-state index is 0.00645. The van der Waals surface area contributed by atoms with Gasteiger partial charge < -0.3 is 10.6 Å². The van der Waals surface area contributed by atoms with Gasteiger partial charge in [0, 0.05) is 24.1 Å². The van der Waals surface area contributed by atoms with Crippen LogP contribution in [-0.2, 0) is 4.79 Å². The van der Waals surface area contributed by atoms with Crippen molar-refractivity contribution in [2.45, 2.75) is 26.8 Å². The second kappa shape index (κ2) is 5.34. The highest BCUT2D eigenvalue weighted by Crippen LogP contribution is 2.08. The maximum absolute atomic E-state index is 11.4. The van der Waals surface area contributed by atoms with Gasteiger partial charge in [0.05, 0.1) is 0 Å². The zero-order chi connectivity index (χ0) is 11.3. The Morgan fingerprint density at radius 1 is 1.60 bits per heavy atom. The lowest BCUT2D eigenvalue weighted by molar-refractivity contribution is -0.121. The summed E-state index contributed by atoms with van der Waals surface area (Å²) < 4.78 is 0. The molecule has 2 N–H and O–H groups in total. The molecular formula is C11H17N3O. The summed E-state index contributed by atoms with van der Waals surface area (Å²) in [5.41, 5.74) is 1.85. The number of carbonyl (C=O) groups is 1. The molecule has 1 aromatic rings. The fourth-order valence-corrected chi connectivity index (χ4v) is 1.28. The highest BCUT2D eigenvalue weighted by molar-refractivity contribution is 5.84. The molecule has 1 rings (SSSR count). The molecule has 1 unspecified atom stereocenters. The van der Waals surface area contributed by atoms with Crippen LogP contribution in [0.4, 0.5) is 5.69 Å². The number of carbonyl (C=O) groups excluding carboxylic acids is 1. The number of amides is 1. The molecule has 0 saturated carbocycles. The third kappa shape index (κ3) is 3.58. The van der Waals surface area contributed by atoms with E-state index in [-0.39, 0.29) is 11.9 Å². The fraction of sp³-hybridized carbons (Fsp3) is 0.455. The summed E-state index contributed by atoms with van der Waals surface area (Å²) in [6.07, 6.45) is 1.72. The third-order valence-corrected chi connectivity index (χ3v) is 2.02. The van der Waals surface area contributed by atoms with Crippen LogP contribution in [0.25, 0.3) is 0 Å². The Bertz CT molecular complexity index is 338. The van der Waals surface area contributed by atoms with Gasteiger partial charge in [-0.3, -0.25) is 9.78 Å². The molecule has 0 spiro atoms. The molecule has 82 valence electrons. The van der Waals surface area contributed by atoms with Gasteiger partial charge in [-0.15, -0.1) is 0 Å². The van der Waals surface area contributed by atoms with E-state index in [1.807, 2.05) is 32.9 Å². The number of rotatable bonds is 4. The summed E-state index contributed by atoms with van der Waals surface area (Å²) >= 11 is 0. The Morgan fingerprint density at radius 3 is 2.93 bits per heavy atom. The van der Waals surface area contributed by atoms with Crippen LogP contribution >= 0.6 is 0 Å². The maximum atomic E-state index is 11.4. The fourth-order valence-electron chi connectivity index (χ4n) is 1.28. The van der Waals surface area contributed by atoms with Gasteiger partial charge in [-0.25, -0.2) is 0 Å². The largest absolute Gasteiger partial charge is 0.374 e. The lowest BCUT2D eigenvalue weighted by atomic mass is 10.2. The average molecular weight is 207 g/mol. The van der Waals surface area contributed by atoms with E-state index in [1.54, 1.807) is 6.20 Å². The monoisotopic (exact) mass is 207 g/mol. The van der Waals surface area contributed by atoms with E-state index in [4.69, 9.17) is 0 Å². The summed E-state index contributed by atoms with van der Waals surface area (Å²) in [5.74, 6) is 0.00645. The van der Waals surface area contributed by atoms with E-state index >= 15 is 0 Å². The molecule has 0 fully saturated rings. The molecule has 0 aliphatic rings. The Labute approximate surface area is 90.1 Å². The van der Waals surface area contributed by atoms with Gasteiger partial charge >= 0.3 is 0 Å². The Balaban J connectivity index is 2.58. The predicted molar refractivity (Wildman–Crippen MR) is 60.7 cm³/mol. The first-order valence-electron chi connectivity index (χ1n) is 5.10. The molecule has 0 radical (unpaired) electrons. The number of anilines is 1. The quantitative estimate of drug-likeness (QED) is 0.783. The van der Waals surface area contributed by atoms with E-state index < -0.39 is 0 Å². The van der Waals surface area contributed by atoms with Gasteiger partial charge in [0.1, 0.15) is 6.04 Å². The third-order valence-electron chi connectivity index (χ3n) is 2.02. The SMILES string of the molecule is CCNC(=O)C(C)Nc1ccnc(C)c1. The highest BCUT2D eigenvalue weighted by Gasteiger charge is 2.10. The van der Waals surface area contributed by atoms with Crippen molar-refractivity contribution in [1.82, 2.24) is 10.3 Å². The van der Waals surface area contributed by atoms with Crippen molar-refractivity contribution < 1.29 is 4.79 Å². The zero-order valence-corrected chi connectivity index (χ0v) is 9.37. The molecule has 0 aromatic carbocycles. The summed E-state index contributed by atoms with van der Waals surface area (Å²) in [7, 11) is 0. The van der Waals surface area contributed by atoms with Gasteiger partial charge in [0.15, 0.2) is 0 Å². The number of hydrogen-bond acceptors (Lipinski definition) is 3. The Kier molecular flexibility index (Phi) is 4.09. The average Bonchev–Trinajstić information content (AvgIpc) is 2.18. The number of likely N-dealkylation sites (N-methyl/N-ethyl adjacent to an activating group) is 1. The van der Waals surface area contributed by atoms with Crippen LogP contribution in [0.5, 0.6) is 0 Å². The van der Waals surface area contributed by atoms with Crippen LogP contribution in [0, 0.1) is 6.92 Å². The summed E-state index contributed by atoms with van der Waals surface area (Å²) in [5, 5.41) is 5.88. The second-order valence-corrected chi connectivity index (χ2v) is 3.45. The van der Waals surface area contributed by atoms with Crippen molar-refractivity contribution in [3.05, 3.63) is 24.0 Å². The zero-order valence-electron chi connectivity index (χ0n) is 9.37. The van der Waals surface area contributed by atoms with Crippen molar-refractivity contribution in [2.24, 2.45) is 0 Å². The van der Waals surface area contributed by atoms with E-state index in [0.717, 1.165) is 11.4 Å². The first kappa shape index (κ1) is 11.5. The molecule has 15 heavy (non-hydrogen) atoms. The van der Waals surface area contributed by atoms with Crippen molar-refractivity contribution in [1.29, 1.82) is 0 Å². The number of hydrogen-bond donors (Lipinski definition) is 2. The minimum Gasteiger partial charge on any atom is -0.374 e. The highest BCUT2D eigenvalue weighted by atomic mass is 16.2. The van der Waals surface area contributed by atoms with Gasteiger partial charge in [-0.05, 0) is 32.9 Å². The minimum atomic E-state index is -0.230.